The van der Waals surface area contributed by atoms with Gasteiger partial charge in [-0.1, -0.05) is 30.3 Å². The molecule has 2 aromatic heterocycles. The molecule has 0 spiro atoms. The standard InChI is InChI=1S/C17H14N6O2/c1-11-18-14-9-13(7-8-15(14)25-11)19-16(24)10-23-21-17(20-22-23)12-5-3-2-4-6-12/h2-9H,10H2,1H3,(H,19,24). The molecule has 0 aliphatic rings. The minimum atomic E-state index is -0.253. The van der Waals surface area contributed by atoms with Gasteiger partial charge in [-0.05, 0) is 23.4 Å². The molecule has 1 amide bonds. The molecule has 0 bridgehead atoms. The summed E-state index contributed by atoms with van der Waals surface area (Å²) >= 11 is 0. The number of aromatic nitrogens is 5. The highest BCUT2D eigenvalue weighted by Crippen LogP contribution is 2.19. The number of tetrazole rings is 1. The maximum atomic E-state index is 12.2. The molecule has 0 aliphatic heterocycles. The first-order valence-electron chi connectivity index (χ1n) is 7.68. The summed E-state index contributed by atoms with van der Waals surface area (Å²) in [4.78, 5) is 17.7. The average Bonchev–Trinajstić information content (AvgIpc) is 3.21. The lowest BCUT2D eigenvalue weighted by Gasteiger charge is -2.03. The average molecular weight is 334 g/mol. The second-order valence-electron chi connectivity index (χ2n) is 5.47. The molecule has 4 aromatic rings. The van der Waals surface area contributed by atoms with Gasteiger partial charge in [0, 0.05) is 18.2 Å². The number of rotatable bonds is 4. The van der Waals surface area contributed by atoms with Crippen LogP contribution in [-0.2, 0) is 11.3 Å². The van der Waals surface area contributed by atoms with Crippen molar-refractivity contribution in [2.45, 2.75) is 13.5 Å². The number of hydrogen-bond donors (Lipinski definition) is 1. The van der Waals surface area contributed by atoms with Gasteiger partial charge in [0.2, 0.25) is 11.7 Å². The first kappa shape index (κ1) is 15.0. The van der Waals surface area contributed by atoms with Crippen molar-refractivity contribution in [1.82, 2.24) is 25.2 Å². The van der Waals surface area contributed by atoms with Gasteiger partial charge in [0.25, 0.3) is 0 Å². The summed E-state index contributed by atoms with van der Waals surface area (Å²) in [5.74, 6) is 0.809. The summed E-state index contributed by atoms with van der Waals surface area (Å²) in [5.41, 5.74) is 2.86. The minimum Gasteiger partial charge on any atom is -0.441 e. The van der Waals surface area contributed by atoms with E-state index in [4.69, 9.17) is 4.42 Å². The molecule has 2 heterocycles. The fourth-order valence-corrected chi connectivity index (χ4v) is 2.46. The van der Waals surface area contributed by atoms with Crippen molar-refractivity contribution in [3.05, 3.63) is 54.4 Å². The maximum Gasteiger partial charge on any atom is 0.248 e. The smallest absolute Gasteiger partial charge is 0.248 e. The predicted molar refractivity (Wildman–Crippen MR) is 90.6 cm³/mol. The zero-order valence-electron chi connectivity index (χ0n) is 13.4. The topological polar surface area (TPSA) is 98.7 Å². The molecule has 0 atom stereocenters. The van der Waals surface area contributed by atoms with Crippen LogP contribution in [0.1, 0.15) is 5.89 Å². The Bertz CT molecular complexity index is 1040. The van der Waals surface area contributed by atoms with E-state index in [2.05, 4.69) is 25.7 Å². The van der Waals surface area contributed by atoms with Crippen LogP contribution >= 0.6 is 0 Å². The number of oxazole rings is 1. The number of benzene rings is 2. The van der Waals surface area contributed by atoms with Crippen LogP contribution < -0.4 is 5.32 Å². The zero-order chi connectivity index (χ0) is 17.2. The third kappa shape index (κ3) is 3.23. The molecule has 0 saturated heterocycles. The summed E-state index contributed by atoms with van der Waals surface area (Å²) in [7, 11) is 0. The lowest BCUT2D eigenvalue weighted by molar-refractivity contribution is -0.117. The summed E-state index contributed by atoms with van der Waals surface area (Å²) < 4.78 is 5.41. The van der Waals surface area contributed by atoms with Gasteiger partial charge in [0.15, 0.2) is 11.5 Å². The number of nitrogens with zero attached hydrogens (tertiary/aromatic N) is 5. The van der Waals surface area contributed by atoms with Crippen LogP contribution in [0.4, 0.5) is 5.69 Å². The first-order chi connectivity index (χ1) is 12.2. The molecule has 25 heavy (non-hydrogen) atoms. The Labute approximate surface area is 142 Å². The van der Waals surface area contributed by atoms with Crippen molar-refractivity contribution in [3.63, 3.8) is 0 Å². The maximum absolute atomic E-state index is 12.2. The largest absolute Gasteiger partial charge is 0.441 e. The highest BCUT2D eigenvalue weighted by molar-refractivity contribution is 5.92. The van der Waals surface area contributed by atoms with Gasteiger partial charge in [0.1, 0.15) is 12.1 Å². The number of anilines is 1. The highest BCUT2D eigenvalue weighted by atomic mass is 16.3. The number of aryl methyl sites for hydroxylation is 1. The Kier molecular flexibility index (Phi) is 3.70. The van der Waals surface area contributed by atoms with Crippen LogP contribution in [0, 0.1) is 6.92 Å². The van der Waals surface area contributed by atoms with Gasteiger partial charge in [-0.2, -0.15) is 4.80 Å². The molecular formula is C17H14N6O2. The third-order valence-electron chi connectivity index (χ3n) is 3.55. The van der Waals surface area contributed by atoms with Gasteiger partial charge >= 0.3 is 0 Å². The number of carbonyl (C=O) groups excluding carboxylic acids is 1. The predicted octanol–water partition coefficient (Wildman–Crippen LogP) is 2.43. The van der Waals surface area contributed by atoms with E-state index in [0.717, 1.165) is 5.56 Å². The lowest BCUT2D eigenvalue weighted by Crippen LogP contribution is -2.20. The van der Waals surface area contributed by atoms with E-state index < -0.39 is 0 Å². The monoisotopic (exact) mass is 334 g/mol. The van der Waals surface area contributed by atoms with Crippen LogP contribution in [-0.4, -0.2) is 31.1 Å². The van der Waals surface area contributed by atoms with E-state index in [1.54, 1.807) is 25.1 Å². The molecule has 2 aromatic carbocycles. The molecule has 0 unspecified atom stereocenters. The molecular weight excluding hydrogens is 320 g/mol. The third-order valence-corrected chi connectivity index (χ3v) is 3.55. The van der Waals surface area contributed by atoms with E-state index in [1.807, 2.05) is 30.3 Å². The molecule has 0 radical (unpaired) electrons. The number of amides is 1. The fourth-order valence-electron chi connectivity index (χ4n) is 2.46. The number of nitrogens with one attached hydrogen (secondary N) is 1. The van der Waals surface area contributed by atoms with Crippen molar-refractivity contribution in [2.75, 3.05) is 5.32 Å². The second kappa shape index (κ2) is 6.16. The molecule has 0 saturated carbocycles. The van der Waals surface area contributed by atoms with Gasteiger partial charge < -0.3 is 9.73 Å². The van der Waals surface area contributed by atoms with Crippen LogP contribution in [0.3, 0.4) is 0 Å². The lowest BCUT2D eigenvalue weighted by atomic mass is 10.2. The van der Waals surface area contributed by atoms with Crippen LogP contribution in [0.15, 0.2) is 52.9 Å². The Hall–Kier alpha value is -3.55. The Balaban J connectivity index is 1.45. The van der Waals surface area contributed by atoms with Crippen molar-refractivity contribution >= 4 is 22.7 Å². The molecule has 124 valence electrons. The SMILES string of the molecule is Cc1nc2cc(NC(=O)Cn3nnc(-c4ccccc4)n3)ccc2o1. The van der Waals surface area contributed by atoms with Crippen molar-refractivity contribution in [1.29, 1.82) is 0 Å². The normalized spacial score (nSPS) is 10.9. The molecule has 0 fully saturated rings. The minimum absolute atomic E-state index is 0.0320. The molecule has 1 N–H and O–H groups in total. The Morgan fingerprint density at radius 3 is 2.88 bits per heavy atom. The summed E-state index contributed by atoms with van der Waals surface area (Å²) in [5, 5.41) is 14.9. The summed E-state index contributed by atoms with van der Waals surface area (Å²) in [6.45, 7) is 1.74. The molecule has 8 heteroatoms. The van der Waals surface area contributed by atoms with E-state index in [0.29, 0.717) is 28.5 Å². The van der Waals surface area contributed by atoms with E-state index in [9.17, 15) is 4.79 Å². The molecule has 4 rings (SSSR count). The zero-order valence-corrected chi connectivity index (χ0v) is 13.4. The Morgan fingerprint density at radius 2 is 2.04 bits per heavy atom. The summed E-state index contributed by atoms with van der Waals surface area (Å²) in [6.07, 6.45) is 0. The van der Waals surface area contributed by atoms with Crippen molar-refractivity contribution in [3.8, 4) is 11.4 Å². The fraction of sp³-hybridized carbons (Fsp3) is 0.118. The van der Waals surface area contributed by atoms with Gasteiger partial charge in [-0.25, -0.2) is 4.98 Å². The quantitative estimate of drug-likeness (QED) is 0.615. The first-order valence-corrected chi connectivity index (χ1v) is 7.68. The van der Waals surface area contributed by atoms with Crippen LogP contribution in [0.25, 0.3) is 22.5 Å². The van der Waals surface area contributed by atoms with E-state index in [-0.39, 0.29) is 12.5 Å². The summed E-state index contributed by atoms with van der Waals surface area (Å²) in [6, 6.07) is 14.8. The van der Waals surface area contributed by atoms with E-state index >= 15 is 0 Å². The van der Waals surface area contributed by atoms with Crippen LogP contribution in [0.2, 0.25) is 0 Å². The number of carbonyl (C=O) groups is 1. The van der Waals surface area contributed by atoms with Gasteiger partial charge in [-0.15, -0.1) is 10.2 Å². The Morgan fingerprint density at radius 1 is 1.20 bits per heavy atom. The van der Waals surface area contributed by atoms with Gasteiger partial charge in [-0.3, -0.25) is 4.79 Å². The van der Waals surface area contributed by atoms with Crippen molar-refractivity contribution in [2.24, 2.45) is 0 Å². The molecule has 8 nitrogen and oxygen atoms in total. The highest BCUT2D eigenvalue weighted by Gasteiger charge is 2.10. The van der Waals surface area contributed by atoms with Crippen molar-refractivity contribution < 1.29 is 9.21 Å². The van der Waals surface area contributed by atoms with E-state index in [1.165, 1.54) is 4.80 Å². The number of hydrogen-bond acceptors (Lipinski definition) is 6. The molecule has 0 aliphatic carbocycles. The second-order valence-corrected chi connectivity index (χ2v) is 5.47. The van der Waals surface area contributed by atoms with Crippen LogP contribution in [0.5, 0.6) is 0 Å². The van der Waals surface area contributed by atoms with Gasteiger partial charge in [0.05, 0.1) is 0 Å². The number of fused-ring (bicyclic) bond motifs is 1.